The number of aromatic nitrogens is 1. The lowest BCUT2D eigenvalue weighted by molar-refractivity contribution is -0.137. The minimum absolute atomic E-state index is 0.0379. The van der Waals surface area contributed by atoms with Crippen LogP contribution in [0.4, 0.5) is 4.39 Å². The lowest BCUT2D eigenvalue weighted by Crippen LogP contribution is -2.11. The fourth-order valence-corrected chi connectivity index (χ4v) is 3.57. The Bertz CT molecular complexity index is 1300. The molecular formula is C23H16FNO5. The number of pyridine rings is 1. The molecule has 0 radical (unpaired) electrons. The van der Waals surface area contributed by atoms with Crippen LogP contribution >= 0.6 is 0 Å². The van der Waals surface area contributed by atoms with Gasteiger partial charge in [-0.3, -0.25) is 14.6 Å². The average Bonchev–Trinajstić information content (AvgIpc) is 2.74. The molecule has 0 aliphatic carbocycles. The van der Waals surface area contributed by atoms with Crippen LogP contribution < -0.4 is 5.43 Å². The Morgan fingerprint density at radius 1 is 1.07 bits per heavy atom. The molecule has 0 saturated heterocycles. The predicted octanol–water partition coefficient (Wildman–Crippen LogP) is 4.31. The van der Waals surface area contributed by atoms with Gasteiger partial charge in [0, 0.05) is 29.4 Å². The van der Waals surface area contributed by atoms with Gasteiger partial charge in [-0.2, -0.15) is 0 Å². The van der Waals surface area contributed by atoms with Gasteiger partial charge >= 0.3 is 5.97 Å². The highest BCUT2D eigenvalue weighted by Gasteiger charge is 2.26. The van der Waals surface area contributed by atoms with Gasteiger partial charge in [0.05, 0.1) is 17.4 Å². The van der Waals surface area contributed by atoms with Crippen LogP contribution in [0.15, 0.2) is 76.4 Å². The third kappa shape index (κ3) is 3.41. The number of aromatic hydroxyl groups is 1. The number of carboxylic acids is 1. The highest BCUT2D eigenvalue weighted by atomic mass is 19.1. The minimum atomic E-state index is -1.08. The van der Waals surface area contributed by atoms with Crippen LogP contribution in [-0.4, -0.2) is 21.2 Å². The van der Waals surface area contributed by atoms with E-state index in [9.17, 15) is 24.2 Å². The molecule has 0 bridgehead atoms. The molecule has 0 amide bonds. The molecule has 1 atom stereocenters. The SMILES string of the molecule is O=C(O)CC(c1ccncc1)c1c(O)ccc2c(=O)c(-c3ccccc3F)coc12. The van der Waals surface area contributed by atoms with Crippen molar-refractivity contribution < 1.29 is 23.8 Å². The fraction of sp³-hybridized carbons (Fsp3) is 0.0870. The Morgan fingerprint density at radius 3 is 2.50 bits per heavy atom. The van der Waals surface area contributed by atoms with Crippen LogP contribution in [0.2, 0.25) is 0 Å². The van der Waals surface area contributed by atoms with Crippen LogP contribution in [0.3, 0.4) is 0 Å². The van der Waals surface area contributed by atoms with Gasteiger partial charge in [-0.1, -0.05) is 18.2 Å². The summed E-state index contributed by atoms with van der Waals surface area (Å²) >= 11 is 0. The van der Waals surface area contributed by atoms with Crippen LogP contribution in [0, 0.1) is 5.82 Å². The molecule has 0 fully saturated rings. The number of carbonyl (C=O) groups is 1. The molecule has 30 heavy (non-hydrogen) atoms. The van der Waals surface area contributed by atoms with Crippen molar-refractivity contribution in [2.75, 3.05) is 0 Å². The van der Waals surface area contributed by atoms with Gasteiger partial charge in [0.25, 0.3) is 0 Å². The van der Waals surface area contributed by atoms with E-state index in [-0.39, 0.29) is 39.8 Å². The molecule has 2 N–H and O–H groups in total. The number of phenolic OH excluding ortho intramolecular Hbond substituents is 1. The van der Waals surface area contributed by atoms with Crippen LogP contribution in [0.1, 0.15) is 23.5 Å². The van der Waals surface area contributed by atoms with Crippen molar-refractivity contribution >= 4 is 16.9 Å². The number of fused-ring (bicyclic) bond motifs is 1. The van der Waals surface area contributed by atoms with Gasteiger partial charge < -0.3 is 14.6 Å². The number of benzene rings is 2. The number of hydrogen-bond acceptors (Lipinski definition) is 5. The van der Waals surface area contributed by atoms with Crippen molar-refractivity contribution in [1.29, 1.82) is 0 Å². The van der Waals surface area contributed by atoms with Crippen LogP contribution in [0.25, 0.3) is 22.1 Å². The highest BCUT2D eigenvalue weighted by molar-refractivity contribution is 5.87. The molecule has 7 heteroatoms. The Balaban J connectivity index is 1.98. The van der Waals surface area contributed by atoms with Gasteiger partial charge in [-0.15, -0.1) is 0 Å². The smallest absolute Gasteiger partial charge is 0.304 e. The Kier molecular flexibility index (Phi) is 5.02. The second-order valence-electron chi connectivity index (χ2n) is 6.76. The molecule has 6 nitrogen and oxygen atoms in total. The standard InChI is InChI=1S/C23H16FNO5/c24-18-4-2-1-3-14(18)17-12-30-23-15(22(17)29)5-6-19(26)21(23)16(11-20(27)28)13-7-9-25-10-8-13/h1-10,12,16,26H,11H2,(H,27,28). The average molecular weight is 405 g/mol. The quantitative estimate of drug-likeness (QED) is 0.513. The maximum absolute atomic E-state index is 14.2. The largest absolute Gasteiger partial charge is 0.508 e. The summed E-state index contributed by atoms with van der Waals surface area (Å²) in [5, 5.41) is 20.1. The van der Waals surface area contributed by atoms with E-state index in [0.717, 1.165) is 6.26 Å². The first-order valence-corrected chi connectivity index (χ1v) is 9.11. The van der Waals surface area contributed by atoms with E-state index in [1.54, 1.807) is 18.2 Å². The number of carboxylic acid groups (broad SMARTS) is 1. The van der Waals surface area contributed by atoms with Crippen LogP contribution in [0.5, 0.6) is 5.75 Å². The third-order valence-corrected chi connectivity index (χ3v) is 4.96. The number of rotatable bonds is 5. The summed E-state index contributed by atoms with van der Waals surface area (Å²) in [5.74, 6) is -2.63. The van der Waals surface area contributed by atoms with Gasteiger partial charge in [0.2, 0.25) is 5.43 Å². The molecule has 0 aliphatic rings. The molecular weight excluding hydrogens is 389 g/mol. The van der Waals surface area contributed by atoms with Crippen LogP contribution in [-0.2, 0) is 4.79 Å². The number of phenols is 1. The fourth-order valence-electron chi connectivity index (χ4n) is 3.57. The zero-order chi connectivity index (χ0) is 21.3. The monoisotopic (exact) mass is 405 g/mol. The summed E-state index contributed by atoms with van der Waals surface area (Å²) in [5.41, 5.74) is 0.485. The van der Waals surface area contributed by atoms with E-state index < -0.39 is 23.1 Å². The molecule has 4 aromatic rings. The van der Waals surface area contributed by atoms with Gasteiger partial charge in [0.15, 0.2) is 0 Å². The van der Waals surface area contributed by atoms with E-state index >= 15 is 0 Å². The molecule has 0 saturated carbocycles. The molecule has 2 aromatic heterocycles. The van der Waals surface area contributed by atoms with E-state index in [1.807, 2.05) is 0 Å². The van der Waals surface area contributed by atoms with Crippen molar-refractivity contribution in [1.82, 2.24) is 4.98 Å². The minimum Gasteiger partial charge on any atom is -0.508 e. The maximum Gasteiger partial charge on any atom is 0.304 e. The summed E-state index contributed by atoms with van der Waals surface area (Å²) in [4.78, 5) is 28.5. The zero-order valence-electron chi connectivity index (χ0n) is 15.6. The number of nitrogens with zero attached hydrogens (tertiary/aromatic N) is 1. The highest BCUT2D eigenvalue weighted by Crippen LogP contribution is 2.39. The molecule has 1 unspecified atom stereocenters. The molecule has 4 rings (SSSR count). The molecule has 150 valence electrons. The third-order valence-electron chi connectivity index (χ3n) is 4.96. The van der Waals surface area contributed by atoms with Crippen molar-refractivity contribution in [3.05, 3.63) is 94.4 Å². The summed E-state index contributed by atoms with van der Waals surface area (Å²) < 4.78 is 19.9. The summed E-state index contributed by atoms with van der Waals surface area (Å²) in [6.07, 6.45) is 3.82. The molecule has 2 aromatic carbocycles. The lowest BCUT2D eigenvalue weighted by Gasteiger charge is -2.18. The van der Waals surface area contributed by atoms with Gasteiger partial charge in [-0.05, 0) is 35.9 Å². The first-order valence-electron chi connectivity index (χ1n) is 9.11. The van der Waals surface area contributed by atoms with Crippen molar-refractivity contribution in [2.24, 2.45) is 0 Å². The normalized spacial score (nSPS) is 12.0. The molecule has 2 heterocycles. The lowest BCUT2D eigenvalue weighted by atomic mass is 9.87. The number of hydrogen-bond donors (Lipinski definition) is 2. The van der Waals surface area contributed by atoms with Crippen molar-refractivity contribution in [3.63, 3.8) is 0 Å². The zero-order valence-corrected chi connectivity index (χ0v) is 15.6. The topological polar surface area (TPSA) is 101 Å². The second kappa shape index (κ2) is 7.79. The molecule has 0 aliphatic heterocycles. The van der Waals surface area contributed by atoms with Crippen molar-refractivity contribution in [2.45, 2.75) is 12.3 Å². The van der Waals surface area contributed by atoms with Gasteiger partial charge in [0.1, 0.15) is 23.4 Å². The second-order valence-corrected chi connectivity index (χ2v) is 6.76. The Hall–Kier alpha value is -4.00. The predicted molar refractivity (Wildman–Crippen MR) is 108 cm³/mol. The van der Waals surface area contributed by atoms with Gasteiger partial charge in [-0.25, -0.2) is 4.39 Å². The van der Waals surface area contributed by atoms with E-state index in [2.05, 4.69) is 4.98 Å². The summed E-state index contributed by atoms with van der Waals surface area (Å²) in [6.45, 7) is 0. The first kappa shape index (κ1) is 19.3. The van der Waals surface area contributed by atoms with Crippen molar-refractivity contribution in [3.8, 4) is 16.9 Å². The maximum atomic E-state index is 14.2. The number of halogens is 1. The molecule has 0 spiro atoms. The van der Waals surface area contributed by atoms with E-state index in [4.69, 9.17) is 4.42 Å². The van der Waals surface area contributed by atoms with E-state index in [1.165, 1.54) is 42.7 Å². The summed E-state index contributed by atoms with van der Waals surface area (Å²) in [7, 11) is 0. The number of aliphatic carboxylic acids is 1. The first-order chi connectivity index (χ1) is 14.5. The van der Waals surface area contributed by atoms with E-state index in [0.29, 0.717) is 5.56 Å². The Morgan fingerprint density at radius 2 is 1.80 bits per heavy atom. The summed E-state index contributed by atoms with van der Waals surface area (Å²) in [6, 6.07) is 11.8. The Labute approximate surface area is 169 Å².